The van der Waals surface area contributed by atoms with Gasteiger partial charge in [0.15, 0.2) is 17.3 Å². The van der Waals surface area contributed by atoms with E-state index in [1.807, 2.05) is 0 Å². The van der Waals surface area contributed by atoms with Gasteiger partial charge in [0, 0.05) is 42.1 Å². The number of rotatable bonds is 5. The number of pyridine rings is 2. The molecule has 0 fully saturated rings. The molecule has 0 aliphatic heterocycles. The van der Waals surface area contributed by atoms with Crippen molar-refractivity contribution in [3.63, 3.8) is 0 Å². The minimum Gasteiger partial charge on any atom is -0.366 e. The van der Waals surface area contributed by atoms with Crippen molar-refractivity contribution in [2.45, 2.75) is 25.8 Å². The normalized spacial score (nSPS) is 12.9. The van der Waals surface area contributed by atoms with Crippen LogP contribution < -0.4 is 5.73 Å². The minimum absolute atomic E-state index is 0.0272. The summed E-state index contributed by atoms with van der Waals surface area (Å²) in [7, 11) is 0. The van der Waals surface area contributed by atoms with Gasteiger partial charge in [-0.1, -0.05) is 12.1 Å². The highest BCUT2D eigenvalue weighted by atomic mass is 19.3. The van der Waals surface area contributed by atoms with Crippen molar-refractivity contribution in [3.05, 3.63) is 83.6 Å². The lowest BCUT2D eigenvalue weighted by Crippen LogP contribution is -2.29. The van der Waals surface area contributed by atoms with Crippen molar-refractivity contribution < 1.29 is 22.0 Å². The van der Waals surface area contributed by atoms with Crippen molar-refractivity contribution in [1.29, 1.82) is 0 Å². The van der Waals surface area contributed by atoms with Gasteiger partial charge in [0.25, 0.3) is 5.92 Å². The molecule has 12 heteroatoms. The molecule has 0 bridgehead atoms. The quantitative estimate of drug-likeness (QED) is 0.336. The fourth-order valence-corrected chi connectivity index (χ4v) is 4.13. The van der Waals surface area contributed by atoms with E-state index in [1.165, 1.54) is 35.1 Å². The third-order valence-corrected chi connectivity index (χ3v) is 5.76. The van der Waals surface area contributed by atoms with Gasteiger partial charge in [0.05, 0.1) is 6.20 Å². The van der Waals surface area contributed by atoms with Gasteiger partial charge in [-0.05, 0) is 30.7 Å². The van der Waals surface area contributed by atoms with Crippen LogP contribution in [0.25, 0.3) is 28.2 Å². The van der Waals surface area contributed by atoms with Gasteiger partial charge in [-0.2, -0.15) is 10.1 Å². The fourth-order valence-electron chi connectivity index (χ4n) is 4.13. The molecule has 0 aliphatic carbocycles. The molecule has 0 saturated carbocycles. The summed E-state index contributed by atoms with van der Waals surface area (Å²) in [5.74, 6) is -5.77. The molecule has 1 aromatic carbocycles. The predicted octanol–water partition coefficient (Wildman–Crippen LogP) is 5.21. The summed E-state index contributed by atoms with van der Waals surface area (Å²) >= 11 is 0. The summed E-state index contributed by atoms with van der Waals surface area (Å²) < 4.78 is 74.5. The van der Waals surface area contributed by atoms with Gasteiger partial charge in [-0.3, -0.25) is 4.68 Å². The molecule has 0 saturated heterocycles. The van der Waals surface area contributed by atoms with E-state index in [2.05, 4.69) is 20.2 Å². The molecule has 4 aromatic heterocycles. The largest absolute Gasteiger partial charge is 0.366 e. The zero-order valence-electron chi connectivity index (χ0n) is 18.9. The third-order valence-electron chi connectivity index (χ3n) is 5.76. The Morgan fingerprint density at radius 3 is 2.36 bits per heavy atom. The summed E-state index contributed by atoms with van der Waals surface area (Å²) in [5.41, 5.74) is 6.54. The average Bonchev–Trinajstić information content (AvgIpc) is 3.42. The highest BCUT2D eigenvalue weighted by Crippen LogP contribution is 2.36. The second kappa shape index (κ2) is 8.40. The Labute approximate surface area is 201 Å². The number of benzene rings is 1. The number of anilines is 1. The molecular weight excluding hydrogens is 481 g/mol. The maximum absolute atomic E-state index is 14.8. The van der Waals surface area contributed by atoms with Crippen LogP contribution in [0.3, 0.4) is 0 Å². The van der Waals surface area contributed by atoms with Crippen LogP contribution in [0.5, 0.6) is 0 Å². The fraction of sp³-hybridized carbons (Fsp3) is 0.167. The Morgan fingerprint density at radius 2 is 1.67 bits per heavy atom. The number of aromatic nitrogens is 6. The van der Waals surface area contributed by atoms with E-state index in [0.29, 0.717) is 29.8 Å². The van der Waals surface area contributed by atoms with Gasteiger partial charge in [-0.25, -0.2) is 31.5 Å². The molecule has 0 aliphatic rings. The number of nitrogen functional groups attached to an aromatic ring is 1. The number of halogens is 5. The summed E-state index contributed by atoms with van der Waals surface area (Å²) in [6.07, 6.45) is 3.86. The highest BCUT2D eigenvalue weighted by Gasteiger charge is 2.38. The number of nitrogens with zero attached hydrogens (tertiary/aromatic N) is 6. The zero-order valence-corrected chi connectivity index (χ0v) is 18.9. The number of hydrogen-bond acceptors (Lipinski definition) is 5. The van der Waals surface area contributed by atoms with Gasteiger partial charge in [0.1, 0.15) is 23.2 Å². The maximum Gasteiger partial charge on any atom is 0.271 e. The van der Waals surface area contributed by atoms with E-state index in [-0.39, 0.29) is 28.5 Å². The SMILES string of the molecule is Cc1c(-c2nc(-c3cnn([C@H](c4ccc(F)cc4)C(C)(F)F)c3)c(F)cc2F)ccn2nc(N)nc12. The monoisotopic (exact) mass is 499 g/mol. The van der Waals surface area contributed by atoms with Crippen LogP contribution in [0.4, 0.5) is 27.9 Å². The van der Waals surface area contributed by atoms with E-state index in [4.69, 9.17) is 5.73 Å². The Bertz CT molecular complexity index is 1590. The zero-order chi connectivity index (χ0) is 25.8. The second-order valence-electron chi connectivity index (χ2n) is 8.36. The smallest absolute Gasteiger partial charge is 0.271 e. The van der Waals surface area contributed by atoms with E-state index in [1.54, 1.807) is 6.92 Å². The molecule has 5 rings (SSSR count). The summed E-state index contributed by atoms with van der Waals surface area (Å²) in [5, 5.41) is 7.99. The van der Waals surface area contributed by atoms with Crippen LogP contribution in [0.2, 0.25) is 0 Å². The Hall–Kier alpha value is -4.35. The molecule has 0 unspecified atom stereocenters. The number of fused-ring (bicyclic) bond motifs is 1. The number of hydrogen-bond donors (Lipinski definition) is 1. The number of alkyl halides is 2. The summed E-state index contributed by atoms with van der Waals surface area (Å²) in [6.45, 7) is 2.37. The van der Waals surface area contributed by atoms with Crippen molar-refractivity contribution in [2.75, 3.05) is 5.73 Å². The molecule has 36 heavy (non-hydrogen) atoms. The molecule has 4 heterocycles. The molecular formula is C24H18F5N7. The lowest BCUT2D eigenvalue weighted by Gasteiger charge is -2.24. The van der Waals surface area contributed by atoms with Crippen molar-refractivity contribution in [1.82, 2.24) is 29.4 Å². The maximum atomic E-state index is 14.8. The molecule has 5 aromatic rings. The molecule has 2 N–H and O–H groups in total. The Balaban J connectivity index is 1.60. The summed E-state index contributed by atoms with van der Waals surface area (Å²) in [6, 6.07) is 5.19. The Morgan fingerprint density at radius 1 is 0.972 bits per heavy atom. The van der Waals surface area contributed by atoms with E-state index < -0.39 is 29.4 Å². The first-order valence-electron chi connectivity index (χ1n) is 10.7. The van der Waals surface area contributed by atoms with Gasteiger partial charge < -0.3 is 5.73 Å². The standard InChI is InChI=1S/C24H18F5N7/c1-12-16(7-8-35-22(12)33-23(30)34-35)20-18(27)9-17(26)19(32-20)14-10-31-36(11-14)21(24(2,28)29)13-3-5-15(25)6-4-13/h3-11,21H,1-2H3,(H2,30,34)/t21-/m1/s1. The van der Waals surface area contributed by atoms with Crippen molar-refractivity contribution >= 4 is 11.6 Å². The van der Waals surface area contributed by atoms with Gasteiger partial charge in [-0.15, -0.1) is 5.10 Å². The first kappa shape index (κ1) is 23.4. The van der Waals surface area contributed by atoms with E-state index in [9.17, 15) is 22.0 Å². The van der Waals surface area contributed by atoms with E-state index >= 15 is 0 Å². The first-order chi connectivity index (χ1) is 17.0. The lowest BCUT2D eigenvalue weighted by molar-refractivity contribution is -0.0217. The van der Waals surface area contributed by atoms with Crippen molar-refractivity contribution in [2.24, 2.45) is 0 Å². The second-order valence-corrected chi connectivity index (χ2v) is 8.36. The lowest BCUT2D eigenvalue weighted by atomic mass is 10.0. The molecule has 0 amide bonds. The topological polar surface area (TPSA) is 86.9 Å². The van der Waals surface area contributed by atoms with Crippen LogP contribution >= 0.6 is 0 Å². The average molecular weight is 499 g/mol. The predicted molar refractivity (Wildman–Crippen MR) is 122 cm³/mol. The molecule has 184 valence electrons. The van der Waals surface area contributed by atoms with Crippen LogP contribution in [0.1, 0.15) is 24.1 Å². The minimum atomic E-state index is -3.30. The van der Waals surface area contributed by atoms with Gasteiger partial charge in [0.2, 0.25) is 5.95 Å². The molecule has 0 spiro atoms. The first-order valence-corrected chi connectivity index (χ1v) is 10.7. The molecule has 0 radical (unpaired) electrons. The molecule has 7 nitrogen and oxygen atoms in total. The highest BCUT2D eigenvalue weighted by molar-refractivity contribution is 5.73. The van der Waals surface area contributed by atoms with Crippen molar-refractivity contribution in [3.8, 4) is 22.5 Å². The van der Waals surface area contributed by atoms with Crippen LogP contribution in [-0.4, -0.2) is 35.3 Å². The third kappa shape index (κ3) is 4.04. The van der Waals surface area contributed by atoms with E-state index in [0.717, 1.165) is 23.0 Å². The van der Waals surface area contributed by atoms with Crippen LogP contribution in [-0.2, 0) is 0 Å². The number of nitrogens with two attached hydrogens (primary N) is 1. The van der Waals surface area contributed by atoms with Crippen LogP contribution in [0, 0.1) is 24.4 Å². The molecule has 1 atom stereocenters. The van der Waals surface area contributed by atoms with Crippen LogP contribution in [0.15, 0.2) is 55.0 Å². The Kier molecular flexibility index (Phi) is 5.46. The number of aryl methyl sites for hydroxylation is 1. The van der Waals surface area contributed by atoms with Gasteiger partial charge >= 0.3 is 0 Å². The summed E-state index contributed by atoms with van der Waals surface area (Å²) in [4.78, 5) is 8.28.